The summed E-state index contributed by atoms with van der Waals surface area (Å²) in [5.41, 5.74) is 6.63. The molecule has 1 heterocycles. The Bertz CT molecular complexity index is 387. The van der Waals surface area contributed by atoms with Gasteiger partial charge in [0, 0.05) is 12.4 Å². The predicted molar refractivity (Wildman–Crippen MR) is 43.9 cm³/mol. The van der Waals surface area contributed by atoms with Crippen LogP contribution in [0.4, 0.5) is 10.1 Å². The summed E-state index contributed by atoms with van der Waals surface area (Å²) in [6.45, 7) is 0. The molecule has 0 unspecified atom stereocenters. The van der Waals surface area contributed by atoms with E-state index in [1.165, 1.54) is 24.5 Å². The molecule has 60 valence electrons. The first kappa shape index (κ1) is 6.97. The van der Waals surface area contributed by atoms with Crippen molar-refractivity contribution in [2.75, 3.05) is 5.73 Å². The fourth-order valence-electron chi connectivity index (χ4n) is 1.04. The Kier molecular flexibility index (Phi) is 1.40. The van der Waals surface area contributed by atoms with Crippen molar-refractivity contribution in [1.82, 2.24) is 9.97 Å². The van der Waals surface area contributed by atoms with Gasteiger partial charge in [-0.25, -0.2) is 9.37 Å². The number of halogens is 1. The van der Waals surface area contributed by atoms with Crippen molar-refractivity contribution < 1.29 is 4.39 Å². The standard InChI is InChI=1S/C8H6FN3/c9-5-1-2-6(10)8-7(5)11-3-4-12-8/h1-4H,10H2. The second kappa shape index (κ2) is 2.41. The lowest BCUT2D eigenvalue weighted by molar-refractivity contribution is 0.636. The number of aromatic nitrogens is 2. The van der Waals surface area contributed by atoms with E-state index < -0.39 is 5.82 Å². The second-order valence-electron chi connectivity index (χ2n) is 2.39. The molecule has 0 saturated carbocycles. The van der Waals surface area contributed by atoms with Gasteiger partial charge in [-0.3, -0.25) is 4.98 Å². The van der Waals surface area contributed by atoms with E-state index in [-0.39, 0.29) is 5.52 Å². The number of hydrogen-bond acceptors (Lipinski definition) is 3. The zero-order valence-corrected chi connectivity index (χ0v) is 6.16. The summed E-state index contributed by atoms with van der Waals surface area (Å²) in [7, 11) is 0. The average Bonchev–Trinajstić information content (AvgIpc) is 2.12. The fraction of sp³-hybridized carbons (Fsp3) is 0. The summed E-state index contributed by atoms with van der Waals surface area (Å²) >= 11 is 0. The Morgan fingerprint density at radius 1 is 1.08 bits per heavy atom. The molecule has 0 aliphatic rings. The molecule has 0 aliphatic heterocycles. The molecule has 12 heavy (non-hydrogen) atoms. The monoisotopic (exact) mass is 163 g/mol. The molecular formula is C8H6FN3. The van der Waals surface area contributed by atoms with E-state index in [2.05, 4.69) is 9.97 Å². The number of nitrogen functional groups attached to an aromatic ring is 1. The highest BCUT2D eigenvalue weighted by atomic mass is 19.1. The molecule has 0 aliphatic carbocycles. The van der Waals surface area contributed by atoms with Crippen molar-refractivity contribution >= 4 is 16.7 Å². The zero-order chi connectivity index (χ0) is 8.55. The summed E-state index contributed by atoms with van der Waals surface area (Å²) in [6.07, 6.45) is 2.92. The molecule has 1 aromatic heterocycles. The molecule has 2 N–H and O–H groups in total. The lowest BCUT2D eigenvalue weighted by Gasteiger charge is -1.99. The summed E-state index contributed by atoms with van der Waals surface area (Å²) in [6, 6.07) is 2.76. The highest BCUT2D eigenvalue weighted by Gasteiger charge is 2.04. The highest BCUT2D eigenvalue weighted by molar-refractivity contribution is 5.86. The molecule has 0 radical (unpaired) electrons. The third-order valence-electron chi connectivity index (χ3n) is 1.61. The largest absolute Gasteiger partial charge is 0.397 e. The summed E-state index contributed by atoms with van der Waals surface area (Å²) in [5, 5.41) is 0. The third-order valence-corrected chi connectivity index (χ3v) is 1.61. The van der Waals surface area contributed by atoms with Gasteiger partial charge in [-0.15, -0.1) is 0 Å². The predicted octanol–water partition coefficient (Wildman–Crippen LogP) is 1.35. The van der Waals surface area contributed by atoms with E-state index in [4.69, 9.17) is 5.73 Å². The van der Waals surface area contributed by atoms with Gasteiger partial charge in [-0.2, -0.15) is 0 Å². The molecule has 0 spiro atoms. The number of rotatable bonds is 0. The van der Waals surface area contributed by atoms with E-state index in [1.807, 2.05) is 0 Å². The molecule has 0 saturated heterocycles. The Labute approximate surface area is 68.1 Å². The van der Waals surface area contributed by atoms with Crippen LogP contribution in [0, 0.1) is 5.82 Å². The number of benzene rings is 1. The Morgan fingerprint density at radius 3 is 2.42 bits per heavy atom. The number of nitrogens with two attached hydrogens (primary N) is 1. The van der Waals surface area contributed by atoms with Gasteiger partial charge in [-0.1, -0.05) is 0 Å². The van der Waals surface area contributed by atoms with Gasteiger partial charge in [0.15, 0.2) is 5.82 Å². The van der Waals surface area contributed by atoms with Gasteiger partial charge in [0.1, 0.15) is 11.0 Å². The van der Waals surface area contributed by atoms with Gasteiger partial charge in [-0.05, 0) is 12.1 Å². The van der Waals surface area contributed by atoms with Crippen molar-refractivity contribution in [1.29, 1.82) is 0 Å². The molecule has 0 bridgehead atoms. The minimum Gasteiger partial charge on any atom is -0.397 e. The molecule has 2 rings (SSSR count). The lowest BCUT2D eigenvalue weighted by atomic mass is 10.2. The molecule has 2 aromatic rings. The normalized spacial score (nSPS) is 10.4. The Morgan fingerprint density at radius 2 is 1.75 bits per heavy atom. The van der Waals surface area contributed by atoms with Crippen molar-refractivity contribution in [3.63, 3.8) is 0 Å². The molecular weight excluding hydrogens is 157 g/mol. The van der Waals surface area contributed by atoms with Gasteiger partial charge >= 0.3 is 0 Å². The maximum absolute atomic E-state index is 13.0. The third kappa shape index (κ3) is 0.887. The van der Waals surface area contributed by atoms with E-state index in [0.29, 0.717) is 11.2 Å². The topological polar surface area (TPSA) is 51.8 Å². The molecule has 4 heteroatoms. The molecule has 0 atom stereocenters. The van der Waals surface area contributed by atoms with Crippen molar-refractivity contribution in [3.8, 4) is 0 Å². The zero-order valence-electron chi connectivity index (χ0n) is 6.16. The van der Waals surface area contributed by atoms with Gasteiger partial charge in [0.2, 0.25) is 0 Å². The second-order valence-corrected chi connectivity index (χ2v) is 2.39. The molecule has 0 fully saturated rings. The van der Waals surface area contributed by atoms with Crippen LogP contribution in [0.1, 0.15) is 0 Å². The summed E-state index contributed by atoms with van der Waals surface area (Å²) < 4.78 is 13.0. The maximum atomic E-state index is 13.0. The lowest BCUT2D eigenvalue weighted by Crippen LogP contribution is -1.92. The number of hydrogen-bond donors (Lipinski definition) is 1. The summed E-state index contributed by atoms with van der Waals surface area (Å²) in [4.78, 5) is 7.74. The van der Waals surface area contributed by atoms with Crippen LogP contribution < -0.4 is 5.73 Å². The van der Waals surface area contributed by atoms with Crippen LogP contribution in [0.2, 0.25) is 0 Å². The minimum atomic E-state index is -0.396. The number of fused-ring (bicyclic) bond motifs is 1. The number of nitrogens with zero attached hydrogens (tertiary/aromatic N) is 2. The first-order valence-corrected chi connectivity index (χ1v) is 3.44. The SMILES string of the molecule is Nc1ccc(F)c2nccnc12. The minimum absolute atomic E-state index is 0.220. The van der Waals surface area contributed by atoms with Crippen LogP contribution in [0.25, 0.3) is 11.0 Å². The fourth-order valence-corrected chi connectivity index (χ4v) is 1.04. The van der Waals surface area contributed by atoms with Gasteiger partial charge in [0.25, 0.3) is 0 Å². The van der Waals surface area contributed by atoms with Crippen molar-refractivity contribution in [3.05, 3.63) is 30.3 Å². The highest BCUT2D eigenvalue weighted by Crippen LogP contribution is 2.18. The molecule has 3 nitrogen and oxygen atoms in total. The van der Waals surface area contributed by atoms with Crippen LogP contribution in [0.3, 0.4) is 0 Å². The summed E-state index contributed by atoms with van der Waals surface area (Å²) in [5.74, 6) is -0.396. The van der Waals surface area contributed by atoms with E-state index in [1.54, 1.807) is 0 Å². The smallest absolute Gasteiger partial charge is 0.151 e. The first-order valence-electron chi connectivity index (χ1n) is 3.44. The maximum Gasteiger partial charge on any atom is 0.151 e. The van der Waals surface area contributed by atoms with Crippen LogP contribution in [-0.2, 0) is 0 Å². The van der Waals surface area contributed by atoms with Crippen LogP contribution >= 0.6 is 0 Å². The number of anilines is 1. The van der Waals surface area contributed by atoms with E-state index >= 15 is 0 Å². The van der Waals surface area contributed by atoms with E-state index in [0.717, 1.165) is 0 Å². The quantitative estimate of drug-likeness (QED) is 0.596. The van der Waals surface area contributed by atoms with Crippen LogP contribution in [0.15, 0.2) is 24.5 Å². The van der Waals surface area contributed by atoms with Gasteiger partial charge < -0.3 is 5.73 Å². The van der Waals surface area contributed by atoms with Crippen molar-refractivity contribution in [2.45, 2.75) is 0 Å². The van der Waals surface area contributed by atoms with Crippen LogP contribution in [-0.4, -0.2) is 9.97 Å². The van der Waals surface area contributed by atoms with E-state index in [9.17, 15) is 4.39 Å². The Hall–Kier alpha value is -1.71. The first-order chi connectivity index (χ1) is 5.79. The molecule has 0 amide bonds. The van der Waals surface area contributed by atoms with Crippen LogP contribution in [0.5, 0.6) is 0 Å². The average molecular weight is 163 g/mol. The van der Waals surface area contributed by atoms with Gasteiger partial charge in [0.05, 0.1) is 5.69 Å². The Balaban J connectivity index is 2.95. The van der Waals surface area contributed by atoms with Crippen molar-refractivity contribution in [2.24, 2.45) is 0 Å². The molecule has 1 aromatic carbocycles.